The van der Waals surface area contributed by atoms with E-state index in [1.54, 1.807) is 11.8 Å². The normalized spacial score (nSPS) is 9.80. The van der Waals surface area contributed by atoms with Gasteiger partial charge in [0.25, 0.3) is 0 Å². The molecule has 0 bridgehead atoms. The summed E-state index contributed by atoms with van der Waals surface area (Å²) in [6.45, 7) is 0.799. The lowest BCUT2D eigenvalue weighted by atomic mass is 10.2. The fourth-order valence-electron chi connectivity index (χ4n) is 1.85. The van der Waals surface area contributed by atoms with Gasteiger partial charge in [-0.3, -0.25) is 0 Å². The van der Waals surface area contributed by atoms with Crippen LogP contribution >= 0.6 is 11.8 Å². The third kappa shape index (κ3) is 3.94. The molecule has 2 rings (SSSR count). The van der Waals surface area contributed by atoms with Crippen LogP contribution in [0.15, 0.2) is 53.4 Å². The molecule has 2 aromatic rings. The molecule has 0 aliphatic heterocycles. The van der Waals surface area contributed by atoms with Gasteiger partial charge in [-0.1, -0.05) is 24.3 Å². The van der Waals surface area contributed by atoms with Crippen molar-refractivity contribution in [3.63, 3.8) is 0 Å². The van der Waals surface area contributed by atoms with E-state index >= 15 is 0 Å². The number of para-hydroxylation sites is 1. The van der Waals surface area contributed by atoms with E-state index in [0.717, 1.165) is 23.5 Å². The van der Waals surface area contributed by atoms with E-state index in [-0.39, 0.29) is 6.61 Å². The Morgan fingerprint density at radius 1 is 1.20 bits per heavy atom. The molecule has 20 heavy (non-hydrogen) atoms. The topological polar surface area (TPSA) is 45.0 Å². The molecule has 0 atom stereocenters. The number of anilines is 1. The standard InChI is InChI=1S/C16H16N2OS/c1-20-16-8-3-2-7-15(16)18-12-13-5-4-6-14(11-13)19-10-9-17/h2-8,11,18H,10,12H2,1H3. The van der Waals surface area contributed by atoms with Crippen molar-refractivity contribution in [1.82, 2.24) is 0 Å². The first-order chi connectivity index (χ1) is 9.83. The van der Waals surface area contributed by atoms with E-state index in [1.807, 2.05) is 42.5 Å². The molecule has 1 N–H and O–H groups in total. The van der Waals surface area contributed by atoms with Crippen LogP contribution in [-0.4, -0.2) is 12.9 Å². The summed E-state index contributed by atoms with van der Waals surface area (Å²) in [5.41, 5.74) is 2.25. The zero-order valence-corrected chi connectivity index (χ0v) is 12.1. The van der Waals surface area contributed by atoms with Crippen molar-refractivity contribution in [2.45, 2.75) is 11.4 Å². The zero-order chi connectivity index (χ0) is 14.2. The van der Waals surface area contributed by atoms with Crippen LogP contribution in [0.25, 0.3) is 0 Å². The molecule has 0 spiro atoms. The molecular formula is C16H16N2OS. The summed E-state index contributed by atoms with van der Waals surface area (Å²) in [6, 6.07) is 18.0. The maximum absolute atomic E-state index is 8.52. The van der Waals surface area contributed by atoms with E-state index in [2.05, 4.69) is 23.7 Å². The third-order valence-corrected chi connectivity index (χ3v) is 3.59. The van der Waals surface area contributed by atoms with Gasteiger partial charge in [-0.15, -0.1) is 11.8 Å². The van der Waals surface area contributed by atoms with Gasteiger partial charge < -0.3 is 10.1 Å². The Bertz CT molecular complexity index is 607. The lowest BCUT2D eigenvalue weighted by Gasteiger charge is -2.11. The van der Waals surface area contributed by atoms with Crippen molar-refractivity contribution in [3.05, 3.63) is 54.1 Å². The lowest BCUT2D eigenvalue weighted by molar-refractivity contribution is 0.368. The Balaban J connectivity index is 2.02. The minimum atomic E-state index is 0.0756. The Kier molecular flexibility index (Phi) is 5.33. The highest BCUT2D eigenvalue weighted by molar-refractivity contribution is 7.98. The third-order valence-electron chi connectivity index (χ3n) is 2.79. The summed E-state index contributed by atoms with van der Waals surface area (Å²) in [7, 11) is 0. The molecule has 0 saturated heterocycles. The molecule has 2 aromatic carbocycles. The van der Waals surface area contributed by atoms with Crippen molar-refractivity contribution in [1.29, 1.82) is 5.26 Å². The van der Waals surface area contributed by atoms with E-state index in [9.17, 15) is 0 Å². The van der Waals surface area contributed by atoms with E-state index in [1.165, 1.54) is 4.90 Å². The number of hydrogen-bond donors (Lipinski definition) is 1. The quantitative estimate of drug-likeness (QED) is 0.817. The summed E-state index contributed by atoms with van der Waals surface area (Å²) >= 11 is 1.72. The van der Waals surface area contributed by atoms with Crippen LogP contribution in [0.1, 0.15) is 5.56 Å². The number of rotatable bonds is 6. The molecule has 0 saturated carbocycles. The second-order valence-corrected chi connectivity index (χ2v) is 5.00. The summed E-state index contributed by atoms with van der Waals surface area (Å²) in [5, 5.41) is 11.9. The highest BCUT2D eigenvalue weighted by Gasteiger charge is 2.01. The molecule has 0 aliphatic rings. The minimum absolute atomic E-state index is 0.0756. The summed E-state index contributed by atoms with van der Waals surface area (Å²) in [5.74, 6) is 0.726. The average molecular weight is 284 g/mol. The van der Waals surface area contributed by atoms with Gasteiger partial charge in [0.1, 0.15) is 11.8 Å². The Morgan fingerprint density at radius 2 is 2.05 bits per heavy atom. The molecule has 3 nitrogen and oxygen atoms in total. The molecule has 0 fully saturated rings. The molecule has 0 aliphatic carbocycles. The maximum Gasteiger partial charge on any atom is 0.174 e. The van der Waals surface area contributed by atoms with Gasteiger partial charge in [0, 0.05) is 17.1 Å². The number of hydrogen-bond acceptors (Lipinski definition) is 4. The second kappa shape index (κ2) is 7.46. The summed E-state index contributed by atoms with van der Waals surface area (Å²) < 4.78 is 5.30. The predicted molar refractivity (Wildman–Crippen MR) is 83.1 cm³/mol. The monoisotopic (exact) mass is 284 g/mol. The fraction of sp³-hybridized carbons (Fsp3) is 0.188. The number of benzene rings is 2. The predicted octanol–water partition coefficient (Wildman–Crippen LogP) is 3.92. The Hall–Kier alpha value is -2.12. The van der Waals surface area contributed by atoms with Crippen LogP contribution < -0.4 is 10.1 Å². The van der Waals surface area contributed by atoms with Gasteiger partial charge in [-0.2, -0.15) is 5.26 Å². The van der Waals surface area contributed by atoms with Crippen molar-refractivity contribution in [2.75, 3.05) is 18.2 Å². The Labute approximate surface area is 123 Å². The molecule has 4 heteroatoms. The molecule has 0 amide bonds. The van der Waals surface area contributed by atoms with Gasteiger partial charge in [-0.05, 0) is 36.1 Å². The van der Waals surface area contributed by atoms with Crippen molar-refractivity contribution >= 4 is 17.4 Å². The Morgan fingerprint density at radius 3 is 2.85 bits per heavy atom. The van der Waals surface area contributed by atoms with Gasteiger partial charge >= 0.3 is 0 Å². The highest BCUT2D eigenvalue weighted by Crippen LogP contribution is 2.25. The van der Waals surface area contributed by atoms with Crippen LogP contribution in [0.2, 0.25) is 0 Å². The molecule has 0 unspecified atom stereocenters. The summed E-state index contributed by atoms with van der Waals surface area (Å²) in [4.78, 5) is 1.23. The average Bonchev–Trinajstić information content (AvgIpc) is 2.51. The number of nitriles is 1. The largest absolute Gasteiger partial charge is 0.479 e. The molecule has 0 aromatic heterocycles. The first kappa shape index (κ1) is 14.3. The smallest absolute Gasteiger partial charge is 0.174 e. The van der Waals surface area contributed by atoms with Gasteiger partial charge in [-0.25, -0.2) is 0 Å². The molecule has 0 radical (unpaired) electrons. The molecule has 102 valence electrons. The van der Waals surface area contributed by atoms with Crippen LogP contribution in [0, 0.1) is 11.3 Å². The van der Waals surface area contributed by atoms with Crippen LogP contribution in [0.5, 0.6) is 5.75 Å². The zero-order valence-electron chi connectivity index (χ0n) is 11.3. The maximum atomic E-state index is 8.52. The summed E-state index contributed by atoms with van der Waals surface area (Å²) in [6.07, 6.45) is 2.07. The van der Waals surface area contributed by atoms with Gasteiger partial charge in [0.05, 0.1) is 0 Å². The van der Waals surface area contributed by atoms with E-state index < -0.39 is 0 Å². The molecule has 0 heterocycles. The van der Waals surface area contributed by atoms with E-state index in [4.69, 9.17) is 10.00 Å². The number of nitrogens with zero attached hydrogens (tertiary/aromatic N) is 1. The number of thioether (sulfide) groups is 1. The van der Waals surface area contributed by atoms with Gasteiger partial charge in [0.2, 0.25) is 0 Å². The first-order valence-corrected chi connectivity index (χ1v) is 7.51. The second-order valence-electron chi connectivity index (χ2n) is 4.15. The first-order valence-electron chi connectivity index (χ1n) is 6.29. The van der Waals surface area contributed by atoms with Crippen molar-refractivity contribution in [2.24, 2.45) is 0 Å². The number of nitrogens with one attached hydrogen (secondary N) is 1. The minimum Gasteiger partial charge on any atom is -0.479 e. The van der Waals surface area contributed by atoms with Crippen LogP contribution in [0.4, 0.5) is 5.69 Å². The van der Waals surface area contributed by atoms with Crippen molar-refractivity contribution in [3.8, 4) is 11.8 Å². The van der Waals surface area contributed by atoms with Crippen molar-refractivity contribution < 1.29 is 4.74 Å². The van der Waals surface area contributed by atoms with Crippen LogP contribution in [-0.2, 0) is 6.54 Å². The van der Waals surface area contributed by atoms with E-state index in [0.29, 0.717) is 0 Å². The lowest BCUT2D eigenvalue weighted by Crippen LogP contribution is -2.01. The number of ether oxygens (including phenoxy) is 1. The van der Waals surface area contributed by atoms with Crippen LogP contribution in [0.3, 0.4) is 0 Å². The van der Waals surface area contributed by atoms with Gasteiger partial charge in [0.15, 0.2) is 6.61 Å². The molecular weight excluding hydrogens is 268 g/mol. The SMILES string of the molecule is CSc1ccccc1NCc1cccc(OCC#N)c1. The fourth-order valence-corrected chi connectivity index (χ4v) is 2.42. The highest BCUT2D eigenvalue weighted by atomic mass is 32.2.